The topological polar surface area (TPSA) is 66.2 Å². The molecule has 108 valence electrons. The molecule has 21 heavy (non-hydrogen) atoms. The normalized spacial score (nSPS) is 10.0. The SMILES string of the molecule is COC(=O)CN(C)c1nc(-c2ccc(Cl)cc2)c(C#N)s1. The first kappa shape index (κ1) is 15.3. The lowest BCUT2D eigenvalue weighted by Crippen LogP contribution is -2.26. The number of thiazole rings is 1. The van der Waals surface area contributed by atoms with E-state index in [0.29, 0.717) is 20.7 Å². The third-order valence-corrected chi connectivity index (χ3v) is 4.08. The van der Waals surface area contributed by atoms with Crippen molar-refractivity contribution in [1.29, 1.82) is 5.26 Å². The van der Waals surface area contributed by atoms with Crippen LogP contribution in [0.25, 0.3) is 11.3 Å². The second kappa shape index (κ2) is 6.57. The zero-order valence-electron chi connectivity index (χ0n) is 11.5. The summed E-state index contributed by atoms with van der Waals surface area (Å²) >= 11 is 7.09. The molecule has 2 rings (SSSR count). The van der Waals surface area contributed by atoms with Crippen molar-refractivity contribution in [2.75, 3.05) is 25.6 Å². The van der Waals surface area contributed by atoms with Crippen LogP contribution in [0, 0.1) is 11.3 Å². The average molecular weight is 322 g/mol. The molecule has 0 radical (unpaired) electrons. The van der Waals surface area contributed by atoms with Crippen LogP contribution < -0.4 is 4.90 Å². The van der Waals surface area contributed by atoms with Gasteiger partial charge in [-0.2, -0.15) is 5.26 Å². The van der Waals surface area contributed by atoms with E-state index in [4.69, 9.17) is 11.6 Å². The molecule has 0 N–H and O–H groups in total. The number of aromatic nitrogens is 1. The fraction of sp³-hybridized carbons (Fsp3) is 0.214. The number of methoxy groups -OCH3 is 1. The van der Waals surface area contributed by atoms with E-state index in [0.717, 1.165) is 5.56 Å². The van der Waals surface area contributed by atoms with Gasteiger partial charge in [-0.1, -0.05) is 35.1 Å². The number of carbonyl (C=O) groups is 1. The Hall–Kier alpha value is -2.10. The number of hydrogen-bond acceptors (Lipinski definition) is 6. The molecular formula is C14H12ClN3O2S. The Morgan fingerprint density at radius 1 is 1.48 bits per heavy atom. The Bertz CT molecular complexity index is 691. The van der Waals surface area contributed by atoms with Gasteiger partial charge in [0.25, 0.3) is 0 Å². The van der Waals surface area contributed by atoms with Crippen LogP contribution in [0.4, 0.5) is 5.13 Å². The second-order valence-electron chi connectivity index (χ2n) is 4.23. The van der Waals surface area contributed by atoms with Crippen LogP contribution in [0.15, 0.2) is 24.3 Å². The lowest BCUT2D eigenvalue weighted by molar-refractivity contribution is -0.138. The Kier molecular flexibility index (Phi) is 4.78. The monoisotopic (exact) mass is 321 g/mol. The number of ether oxygens (including phenoxy) is 1. The van der Waals surface area contributed by atoms with E-state index in [1.54, 1.807) is 24.1 Å². The van der Waals surface area contributed by atoms with Crippen LogP contribution in [-0.4, -0.2) is 31.7 Å². The lowest BCUT2D eigenvalue weighted by atomic mass is 10.1. The van der Waals surface area contributed by atoms with Gasteiger partial charge in [0, 0.05) is 17.6 Å². The number of anilines is 1. The van der Waals surface area contributed by atoms with Gasteiger partial charge < -0.3 is 9.64 Å². The first-order chi connectivity index (χ1) is 10.0. The van der Waals surface area contributed by atoms with E-state index in [2.05, 4.69) is 15.8 Å². The Morgan fingerprint density at radius 3 is 2.71 bits per heavy atom. The summed E-state index contributed by atoms with van der Waals surface area (Å²) < 4.78 is 4.62. The zero-order chi connectivity index (χ0) is 15.4. The van der Waals surface area contributed by atoms with E-state index in [1.165, 1.54) is 18.4 Å². The van der Waals surface area contributed by atoms with Gasteiger partial charge >= 0.3 is 5.97 Å². The molecule has 0 unspecified atom stereocenters. The summed E-state index contributed by atoms with van der Waals surface area (Å²) in [6.07, 6.45) is 0. The van der Waals surface area contributed by atoms with Gasteiger partial charge in [-0.25, -0.2) is 4.98 Å². The van der Waals surface area contributed by atoms with Crippen molar-refractivity contribution in [2.45, 2.75) is 0 Å². The van der Waals surface area contributed by atoms with E-state index >= 15 is 0 Å². The number of hydrogen-bond donors (Lipinski definition) is 0. The standard InChI is InChI=1S/C14H12ClN3O2S/c1-18(8-12(19)20-2)14-17-13(11(7-16)21-14)9-3-5-10(15)6-4-9/h3-6H,8H2,1-2H3. The maximum absolute atomic E-state index is 11.3. The molecule has 0 amide bonds. The third kappa shape index (κ3) is 3.51. The number of nitriles is 1. The molecule has 1 heterocycles. The first-order valence-electron chi connectivity index (χ1n) is 6.00. The summed E-state index contributed by atoms with van der Waals surface area (Å²) in [5.41, 5.74) is 1.40. The van der Waals surface area contributed by atoms with Gasteiger partial charge in [0.05, 0.1) is 7.11 Å². The van der Waals surface area contributed by atoms with Gasteiger partial charge in [0.15, 0.2) is 5.13 Å². The molecule has 0 spiro atoms. The van der Waals surface area contributed by atoms with E-state index in [-0.39, 0.29) is 12.5 Å². The van der Waals surface area contributed by atoms with Gasteiger partial charge in [-0.15, -0.1) is 0 Å². The highest BCUT2D eigenvalue weighted by Crippen LogP contribution is 2.32. The van der Waals surface area contributed by atoms with E-state index in [1.807, 2.05) is 12.1 Å². The summed E-state index contributed by atoms with van der Waals surface area (Å²) in [6, 6.07) is 9.24. The summed E-state index contributed by atoms with van der Waals surface area (Å²) in [5.74, 6) is -0.362. The van der Waals surface area contributed by atoms with Crippen LogP contribution in [-0.2, 0) is 9.53 Å². The first-order valence-corrected chi connectivity index (χ1v) is 7.19. The van der Waals surface area contributed by atoms with Crippen LogP contribution in [0.5, 0.6) is 0 Å². The Balaban J connectivity index is 2.34. The average Bonchev–Trinajstić information content (AvgIpc) is 2.92. The predicted molar refractivity (Wildman–Crippen MR) is 82.6 cm³/mol. The van der Waals surface area contributed by atoms with Gasteiger partial charge in [-0.3, -0.25) is 4.79 Å². The molecule has 0 saturated heterocycles. The number of likely N-dealkylation sites (N-methyl/N-ethyl adjacent to an activating group) is 1. The number of halogens is 1. The number of esters is 1. The largest absolute Gasteiger partial charge is 0.468 e. The summed E-state index contributed by atoms with van der Waals surface area (Å²) in [4.78, 5) is 17.9. The van der Waals surface area contributed by atoms with Gasteiger partial charge in [0.2, 0.25) is 0 Å². The molecule has 0 bridgehead atoms. The Labute approximate surface area is 131 Å². The lowest BCUT2D eigenvalue weighted by Gasteiger charge is -2.13. The van der Waals surface area contributed by atoms with Crippen molar-refractivity contribution in [1.82, 2.24) is 4.98 Å². The van der Waals surface area contributed by atoms with Crippen molar-refractivity contribution in [3.05, 3.63) is 34.2 Å². The van der Waals surface area contributed by atoms with Crippen molar-refractivity contribution in [2.24, 2.45) is 0 Å². The summed E-state index contributed by atoms with van der Waals surface area (Å²) in [6.45, 7) is 0.0783. The minimum atomic E-state index is -0.362. The van der Waals surface area contributed by atoms with Crippen LogP contribution in [0.1, 0.15) is 4.88 Å². The van der Waals surface area contributed by atoms with E-state index in [9.17, 15) is 10.1 Å². The highest BCUT2D eigenvalue weighted by Gasteiger charge is 2.17. The fourth-order valence-corrected chi connectivity index (χ4v) is 2.65. The molecule has 5 nitrogen and oxygen atoms in total. The predicted octanol–water partition coefficient (Wildman–Crippen LogP) is 2.94. The quantitative estimate of drug-likeness (QED) is 0.810. The molecule has 7 heteroatoms. The molecule has 0 aliphatic rings. The highest BCUT2D eigenvalue weighted by molar-refractivity contribution is 7.16. The smallest absolute Gasteiger partial charge is 0.325 e. The van der Waals surface area contributed by atoms with Crippen LogP contribution >= 0.6 is 22.9 Å². The number of carbonyl (C=O) groups excluding carboxylic acids is 1. The zero-order valence-corrected chi connectivity index (χ0v) is 13.0. The maximum atomic E-state index is 11.3. The van der Waals surface area contributed by atoms with Crippen LogP contribution in [0.3, 0.4) is 0 Å². The maximum Gasteiger partial charge on any atom is 0.325 e. The molecule has 0 aliphatic carbocycles. The van der Waals surface area contributed by atoms with Gasteiger partial charge in [-0.05, 0) is 12.1 Å². The molecule has 1 aromatic heterocycles. The molecule has 1 aromatic carbocycles. The minimum Gasteiger partial charge on any atom is -0.468 e. The third-order valence-electron chi connectivity index (χ3n) is 2.76. The molecule has 0 atom stereocenters. The molecule has 0 aliphatic heterocycles. The van der Waals surface area contributed by atoms with E-state index < -0.39 is 0 Å². The number of benzene rings is 1. The Morgan fingerprint density at radius 2 is 2.14 bits per heavy atom. The fourth-order valence-electron chi connectivity index (χ4n) is 1.68. The van der Waals surface area contributed by atoms with Gasteiger partial charge in [0.1, 0.15) is 23.2 Å². The molecule has 0 saturated carbocycles. The van der Waals surface area contributed by atoms with Crippen LogP contribution in [0.2, 0.25) is 5.02 Å². The molecule has 2 aromatic rings. The number of rotatable bonds is 4. The molecule has 0 fully saturated rings. The van der Waals surface area contributed by atoms with Crippen molar-refractivity contribution < 1.29 is 9.53 Å². The summed E-state index contributed by atoms with van der Waals surface area (Å²) in [7, 11) is 3.06. The van der Waals surface area contributed by atoms with Crippen molar-refractivity contribution in [3.8, 4) is 17.3 Å². The highest BCUT2D eigenvalue weighted by atomic mass is 35.5. The summed E-state index contributed by atoms with van der Waals surface area (Å²) in [5, 5.41) is 10.4. The van der Waals surface area contributed by atoms with Crippen molar-refractivity contribution >= 4 is 34.0 Å². The number of nitrogens with zero attached hydrogens (tertiary/aromatic N) is 3. The molecular weight excluding hydrogens is 310 g/mol. The van der Waals surface area contributed by atoms with Crippen molar-refractivity contribution in [3.63, 3.8) is 0 Å². The second-order valence-corrected chi connectivity index (χ2v) is 5.64. The minimum absolute atomic E-state index is 0.0783.